The number of nitrogens with one attached hydrogen (secondary N) is 1. The van der Waals surface area contributed by atoms with Gasteiger partial charge < -0.3 is 5.32 Å². The maximum atomic E-state index is 9.71. The Balaban J connectivity index is 0. The second-order valence-electron chi connectivity index (χ2n) is 2.04. The first-order chi connectivity index (χ1) is 3.81. The van der Waals surface area contributed by atoms with Crippen molar-refractivity contribution in [1.82, 2.24) is 5.32 Å². The quantitative estimate of drug-likeness (QED) is 0.574. The zero-order valence-corrected chi connectivity index (χ0v) is 5.48. The summed E-state index contributed by atoms with van der Waals surface area (Å²) in [5.41, 5.74) is 0. The van der Waals surface area contributed by atoms with Gasteiger partial charge >= 0.3 is 0 Å². The molecule has 0 saturated heterocycles. The third-order valence-electron chi connectivity index (χ3n) is 1.25. The molecule has 0 aromatic heterocycles. The summed E-state index contributed by atoms with van der Waals surface area (Å²) in [6, 6.07) is 0. The molecule has 0 heterocycles. The Kier molecular flexibility index (Phi) is 9.37. The molecule has 0 radical (unpaired) electrons. The van der Waals surface area contributed by atoms with Gasteiger partial charge in [-0.05, 0) is 5.92 Å². The third kappa shape index (κ3) is 7.47. The summed E-state index contributed by atoms with van der Waals surface area (Å²) < 4.78 is 0. The molecule has 0 spiro atoms. The van der Waals surface area contributed by atoms with Gasteiger partial charge in [-0.3, -0.25) is 4.79 Å². The predicted molar refractivity (Wildman–Crippen MR) is 40.3 cm³/mol. The van der Waals surface area contributed by atoms with Crippen molar-refractivity contribution in [3.8, 4) is 0 Å². The van der Waals surface area contributed by atoms with E-state index in [4.69, 9.17) is 0 Å². The van der Waals surface area contributed by atoms with Crippen molar-refractivity contribution in [2.45, 2.75) is 27.7 Å². The highest BCUT2D eigenvalue weighted by Crippen LogP contribution is 1.95. The number of amides is 1. The zero-order valence-electron chi connectivity index (χ0n) is 5.48. The van der Waals surface area contributed by atoms with Gasteiger partial charge in [0.25, 0.3) is 0 Å². The normalized spacial score (nSPS) is 11.3. The summed E-state index contributed by atoms with van der Waals surface area (Å²) in [7, 11) is 0. The van der Waals surface area contributed by atoms with Crippen molar-refractivity contribution in [2.75, 3.05) is 6.54 Å². The zero-order chi connectivity index (χ0) is 6.41. The Bertz CT molecular complexity index is 63.9. The summed E-state index contributed by atoms with van der Waals surface area (Å²) in [6.45, 7) is 5.02. The molecule has 0 saturated carbocycles. The number of hydrogen-bond acceptors (Lipinski definition) is 1. The molecule has 2 heteroatoms. The summed E-state index contributed by atoms with van der Waals surface area (Å²) in [5.74, 6) is 0.611. The van der Waals surface area contributed by atoms with E-state index < -0.39 is 0 Å². The van der Waals surface area contributed by atoms with Gasteiger partial charge in [0, 0.05) is 6.54 Å². The van der Waals surface area contributed by atoms with Crippen LogP contribution in [-0.2, 0) is 4.79 Å². The molecule has 9 heavy (non-hydrogen) atoms. The number of carbonyl (C=O) groups excluding carboxylic acids is 1. The van der Waals surface area contributed by atoms with E-state index in [0.29, 0.717) is 5.92 Å². The summed E-state index contributed by atoms with van der Waals surface area (Å²) in [4.78, 5) is 9.71. The highest BCUT2D eigenvalue weighted by Gasteiger charge is 1.93. The first-order valence-electron chi connectivity index (χ1n) is 2.98. The van der Waals surface area contributed by atoms with E-state index in [2.05, 4.69) is 19.2 Å². The highest BCUT2D eigenvalue weighted by atomic mass is 16.1. The van der Waals surface area contributed by atoms with Gasteiger partial charge in [-0.25, -0.2) is 0 Å². The van der Waals surface area contributed by atoms with Crippen LogP contribution >= 0.6 is 0 Å². The van der Waals surface area contributed by atoms with E-state index in [9.17, 15) is 4.79 Å². The molecule has 1 unspecified atom stereocenters. The van der Waals surface area contributed by atoms with Crippen molar-refractivity contribution in [2.24, 2.45) is 5.92 Å². The van der Waals surface area contributed by atoms with Gasteiger partial charge in [-0.15, -0.1) is 0 Å². The molecule has 0 aromatic carbocycles. The van der Waals surface area contributed by atoms with E-state index in [1.54, 1.807) is 0 Å². The average Bonchev–Trinajstić information content (AvgIpc) is 1.83. The topological polar surface area (TPSA) is 29.1 Å². The maximum Gasteiger partial charge on any atom is 0.207 e. The molecule has 2 nitrogen and oxygen atoms in total. The van der Waals surface area contributed by atoms with Gasteiger partial charge in [0.15, 0.2) is 0 Å². The Labute approximate surface area is 57.6 Å². The second kappa shape index (κ2) is 7.47. The van der Waals surface area contributed by atoms with Crippen molar-refractivity contribution < 1.29 is 4.79 Å². The lowest BCUT2D eigenvalue weighted by Gasteiger charge is -2.04. The standard InChI is InChI=1S/C6H13NO.CH4/c1-3-6(2)4-7-5-8;/h5-6H,3-4H2,1-2H3,(H,7,8);1H4. The fraction of sp³-hybridized carbons (Fsp3) is 0.857. The third-order valence-corrected chi connectivity index (χ3v) is 1.25. The summed E-state index contributed by atoms with van der Waals surface area (Å²) in [6.07, 6.45) is 1.87. The molecule has 0 bridgehead atoms. The first kappa shape index (κ1) is 11.3. The second-order valence-corrected chi connectivity index (χ2v) is 2.04. The van der Waals surface area contributed by atoms with Crippen molar-refractivity contribution in [1.29, 1.82) is 0 Å². The minimum absolute atomic E-state index is 0. The molecular weight excluding hydrogens is 114 g/mol. The monoisotopic (exact) mass is 131 g/mol. The van der Waals surface area contributed by atoms with Crippen molar-refractivity contribution >= 4 is 6.41 Å². The van der Waals surface area contributed by atoms with Crippen molar-refractivity contribution in [3.05, 3.63) is 0 Å². The molecule has 1 N–H and O–H groups in total. The molecule has 0 aliphatic rings. The predicted octanol–water partition coefficient (Wildman–Crippen LogP) is 1.41. The van der Waals surface area contributed by atoms with Crippen LogP contribution in [0.3, 0.4) is 0 Å². The lowest BCUT2D eigenvalue weighted by molar-refractivity contribution is -0.109. The lowest BCUT2D eigenvalue weighted by atomic mass is 10.1. The largest absolute Gasteiger partial charge is 0.358 e. The summed E-state index contributed by atoms with van der Waals surface area (Å²) in [5, 5.41) is 2.62. The van der Waals surface area contributed by atoms with E-state index in [-0.39, 0.29) is 7.43 Å². The minimum atomic E-state index is 0. The van der Waals surface area contributed by atoms with Crippen LogP contribution in [-0.4, -0.2) is 13.0 Å². The van der Waals surface area contributed by atoms with Crippen LogP contribution in [0.5, 0.6) is 0 Å². The molecular formula is C7H17NO. The number of carbonyl (C=O) groups is 1. The smallest absolute Gasteiger partial charge is 0.207 e. The highest BCUT2D eigenvalue weighted by molar-refractivity contribution is 5.45. The van der Waals surface area contributed by atoms with Gasteiger partial charge in [0.1, 0.15) is 0 Å². The van der Waals surface area contributed by atoms with Crippen molar-refractivity contribution in [3.63, 3.8) is 0 Å². The van der Waals surface area contributed by atoms with Crippen LogP contribution in [0, 0.1) is 5.92 Å². The van der Waals surface area contributed by atoms with Crippen LogP contribution in [0.2, 0.25) is 0 Å². The van der Waals surface area contributed by atoms with E-state index in [1.807, 2.05) is 0 Å². The number of rotatable bonds is 4. The Morgan fingerprint density at radius 3 is 2.56 bits per heavy atom. The summed E-state index contributed by atoms with van der Waals surface area (Å²) >= 11 is 0. The van der Waals surface area contributed by atoms with Gasteiger partial charge in [0.2, 0.25) is 6.41 Å². The molecule has 1 atom stereocenters. The molecule has 0 aliphatic carbocycles. The average molecular weight is 131 g/mol. The first-order valence-corrected chi connectivity index (χ1v) is 2.98. The molecule has 0 aliphatic heterocycles. The van der Waals surface area contributed by atoms with Crippen LogP contribution in [0.1, 0.15) is 27.7 Å². The molecule has 0 rings (SSSR count). The molecule has 56 valence electrons. The fourth-order valence-corrected chi connectivity index (χ4v) is 0.394. The SMILES string of the molecule is C.CCC(C)CNC=O. The fourth-order valence-electron chi connectivity index (χ4n) is 0.394. The van der Waals surface area contributed by atoms with Gasteiger partial charge in [0.05, 0.1) is 0 Å². The van der Waals surface area contributed by atoms with Crippen LogP contribution in [0.15, 0.2) is 0 Å². The van der Waals surface area contributed by atoms with Gasteiger partial charge in [-0.2, -0.15) is 0 Å². The van der Waals surface area contributed by atoms with Gasteiger partial charge in [-0.1, -0.05) is 27.7 Å². The Morgan fingerprint density at radius 1 is 1.67 bits per heavy atom. The minimum Gasteiger partial charge on any atom is -0.358 e. The van der Waals surface area contributed by atoms with Crippen LogP contribution in [0.4, 0.5) is 0 Å². The molecule has 1 amide bonds. The Hall–Kier alpha value is -0.530. The maximum absolute atomic E-state index is 9.71. The van der Waals surface area contributed by atoms with E-state index in [1.165, 1.54) is 0 Å². The van der Waals surface area contributed by atoms with E-state index in [0.717, 1.165) is 19.4 Å². The molecule has 0 aromatic rings. The van der Waals surface area contributed by atoms with Crippen LogP contribution in [0.25, 0.3) is 0 Å². The Morgan fingerprint density at radius 2 is 2.22 bits per heavy atom. The van der Waals surface area contributed by atoms with E-state index >= 15 is 0 Å². The number of hydrogen-bond donors (Lipinski definition) is 1. The molecule has 0 fully saturated rings. The van der Waals surface area contributed by atoms with Crippen LogP contribution < -0.4 is 5.32 Å². The lowest BCUT2D eigenvalue weighted by Crippen LogP contribution is -2.18.